The van der Waals surface area contributed by atoms with E-state index >= 15 is 0 Å². The fourth-order valence-corrected chi connectivity index (χ4v) is 2.15. The molecule has 0 radical (unpaired) electrons. The highest BCUT2D eigenvalue weighted by atomic mass is 16.3. The quantitative estimate of drug-likeness (QED) is 0.867. The van der Waals surface area contributed by atoms with Gasteiger partial charge in [0.25, 0.3) is 5.56 Å². The zero-order valence-corrected chi connectivity index (χ0v) is 11.0. The number of H-pyrrole nitrogens is 1. The summed E-state index contributed by atoms with van der Waals surface area (Å²) < 4.78 is 0. The largest absolute Gasteiger partial charge is 0.493 e. The number of rotatable bonds is 2. The first kappa shape index (κ1) is 12.0. The van der Waals surface area contributed by atoms with Crippen molar-refractivity contribution in [3.8, 4) is 17.0 Å². The Labute approximate surface area is 111 Å². The first-order valence-electron chi connectivity index (χ1n) is 6.40. The fraction of sp³-hybridized carbons (Fsp3) is 0.333. The molecule has 1 fully saturated rings. The second kappa shape index (κ2) is 3.95. The Bertz CT molecular complexity index is 682. The number of nitrogens with zero attached hydrogens (tertiary/aromatic N) is 1. The van der Waals surface area contributed by atoms with Gasteiger partial charge in [0.05, 0.1) is 0 Å². The van der Waals surface area contributed by atoms with Gasteiger partial charge in [-0.3, -0.25) is 4.79 Å². The molecular weight excluding hydrogens is 240 g/mol. The zero-order valence-electron chi connectivity index (χ0n) is 11.0. The lowest BCUT2D eigenvalue weighted by atomic mass is 10.1. The van der Waals surface area contributed by atoms with Gasteiger partial charge >= 0.3 is 0 Å². The molecule has 2 N–H and O–H groups in total. The molecule has 2 aromatic rings. The molecule has 1 aromatic heterocycles. The van der Waals surface area contributed by atoms with Gasteiger partial charge in [-0.25, -0.2) is 0 Å². The highest BCUT2D eigenvalue weighted by Crippen LogP contribution is 2.46. The van der Waals surface area contributed by atoms with Gasteiger partial charge < -0.3 is 10.1 Å². The number of hydrogen-bond donors (Lipinski definition) is 2. The Morgan fingerprint density at radius 1 is 1.26 bits per heavy atom. The lowest BCUT2D eigenvalue weighted by molar-refractivity contribution is 0.446. The Hall–Kier alpha value is -2.10. The van der Waals surface area contributed by atoms with Crippen molar-refractivity contribution in [2.45, 2.75) is 32.1 Å². The minimum absolute atomic E-state index is 0.0670. The summed E-state index contributed by atoms with van der Waals surface area (Å²) in [5, 5.41) is 10.1. The highest BCUT2D eigenvalue weighted by Gasteiger charge is 2.42. The minimum atomic E-state index is -0.278. The van der Waals surface area contributed by atoms with Gasteiger partial charge in [0, 0.05) is 5.41 Å². The van der Waals surface area contributed by atoms with Crippen LogP contribution in [-0.2, 0) is 5.41 Å². The smallest absolute Gasteiger partial charge is 0.262 e. The van der Waals surface area contributed by atoms with Crippen LogP contribution in [0.5, 0.6) is 5.88 Å². The molecule has 0 spiro atoms. The van der Waals surface area contributed by atoms with E-state index < -0.39 is 0 Å². The Kier molecular flexibility index (Phi) is 2.49. The molecule has 3 rings (SSSR count). The SMILES string of the molecule is Cc1ccc(-c2c(O)nc(C3(C)CC3)[nH]c2=O)cc1. The summed E-state index contributed by atoms with van der Waals surface area (Å²) in [5.41, 5.74) is 1.69. The van der Waals surface area contributed by atoms with Crippen molar-refractivity contribution in [2.75, 3.05) is 0 Å². The summed E-state index contributed by atoms with van der Waals surface area (Å²) in [5.74, 6) is 0.404. The van der Waals surface area contributed by atoms with Crippen LogP contribution in [0.3, 0.4) is 0 Å². The third-order valence-electron chi connectivity index (χ3n) is 3.81. The van der Waals surface area contributed by atoms with Crippen molar-refractivity contribution >= 4 is 0 Å². The number of benzene rings is 1. The van der Waals surface area contributed by atoms with Crippen molar-refractivity contribution in [1.29, 1.82) is 0 Å². The van der Waals surface area contributed by atoms with E-state index in [1.165, 1.54) is 0 Å². The monoisotopic (exact) mass is 256 g/mol. The number of aromatic hydroxyl groups is 1. The highest BCUT2D eigenvalue weighted by molar-refractivity contribution is 5.67. The lowest BCUT2D eigenvalue weighted by Gasteiger charge is -2.10. The number of aromatic amines is 1. The van der Waals surface area contributed by atoms with E-state index in [-0.39, 0.29) is 22.4 Å². The topological polar surface area (TPSA) is 66.0 Å². The van der Waals surface area contributed by atoms with Crippen LogP contribution in [0.25, 0.3) is 11.1 Å². The van der Waals surface area contributed by atoms with Crippen LogP contribution in [0.1, 0.15) is 31.2 Å². The molecular formula is C15H16N2O2. The Balaban J connectivity index is 2.12. The van der Waals surface area contributed by atoms with Crippen LogP contribution < -0.4 is 5.56 Å². The first-order valence-corrected chi connectivity index (χ1v) is 6.40. The predicted molar refractivity (Wildman–Crippen MR) is 73.3 cm³/mol. The van der Waals surface area contributed by atoms with Gasteiger partial charge in [-0.1, -0.05) is 36.8 Å². The lowest BCUT2D eigenvalue weighted by Crippen LogP contribution is -2.18. The summed E-state index contributed by atoms with van der Waals surface area (Å²) >= 11 is 0. The molecule has 19 heavy (non-hydrogen) atoms. The molecule has 0 saturated heterocycles. The number of nitrogens with one attached hydrogen (secondary N) is 1. The molecule has 1 aliphatic rings. The molecule has 1 heterocycles. The Morgan fingerprint density at radius 3 is 2.42 bits per heavy atom. The third kappa shape index (κ3) is 2.03. The maximum Gasteiger partial charge on any atom is 0.262 e. The standard InChI is InChI=1S/C15H16N2O2/c1-9-3-5-10(6-4-9)11-12(18)16-14(17-13(11)19)15(2)7-8-15/h3-6H,7-8H2,1-2H3,(H2,16,17,18,19). The molecule has 0 atom stereocenters. The molecule has 4 nitrogen and oxygen atoms in total. The molecule has 0 unspecified atom stereocenters. The van der Waals surface area contributed by atoms with Gasteiger partial charge in [0.15, 0.2) is 0 Å². The van der Waals surface area contributed by atoms with Crippen molar-refractivity contribution in [3.05, 3.63) is 46.0 Å². The van der Waals surface area contributed by atoms with Crippen LogP contribution in [0.15, 0.2) is 29.1 Å². The van der Waals surface area contributed by atoms with Crippen LogP contribution >= 0.6 is 0 Å². The van der Waals surface area contributed by atoms with E-state index in [1.807, 2.05) is 38.1 Å². The average molecular weight is 256 g/mol. The summed E-state index contributed by atoms with van der Waals surface area (Å²) in [6, 6.07) is 7.45. The van der Waals surface area contributed by atoms with E-state index in [9.17, 15) is 9.90 Å². The summed E-state index contributed by atoms with van der Waals surface area (Å²) in [6.45, 7) is 4.01. The summed E-state index contributed by atoms with van der Waals surface area (Å²) in [4.78, 5) is 19.1. The van der Waals surface area contributed by atoms with Gasteiger partial charge in [0.2, 0.25) is 5.88 Å². The maximum absolute atomic E-state index is 12.2. The number of aryl methyl sites for hydroxylation is 1. The normalized spacial score (nSPS) is 16.3. The van der Waals surface area contributed by atoms with Gasteiger partial charge in [0.1, 0.15) is 11.4 Å². The number of hydrogen-bond acceptors (Lipinski definition) is 3. The molecule has 0 bridgehead atoms. The van der Waals surface area contributed by atoms with E-state index in [0.29, 0.717) is 11.4 Å². The molecule has 1 aliphatic carbocycles. The zero-order chi connectivity index (χ0) is 13.6. The fourth-order valence-electron chi connectivity index (χ4n) is 2.15. The van der Waals surface area contributed by atoms with Gasteiger partial charge in [-0.05, 0) is 25.3 Å². The van der Waals surface area contributed by atoms with Crippen LogP contribution in [0.2, 0.25) is 0 Å². The summed E-state index contributed by atoms with van der Waals surface area (Å²) in [6.07, 6.45) is 2.00. The first-order chi connectivity index (χ1) is 8.99. The molecule has 0 aliphatic heterocycles. The Morgan fingerprint density at radius 2 is 1.89 bits per heavy atom. The summed E-state index contributed by atoms with van der Waals surface area (Å²) in [7, 11) is 0. The molecule has 1 aromatic carbocycles. The van der Waals surface area contributed by atoms with Crippen molar-refractivity contribution in [1.82, 2.24) is 9.97 Å². The van der Waals surface area contributed by atoms with E-state index in [4.69, 9.17) is 0 Å². The van der Waals surface area contributed by atoms with E-state index in [2.05, 4.69) is 9.97 Å². The van der Waals surface area contributed by atoms with Crippen LogP contribution in [0, 0.1) is 6.92 Å². The number of aromatic nitrogens is 2. The second-order valence-corrected chi connectivity index (χ2v) is 5.54. The van der Waals surface area contributed by atoms with Crippen LogP contribution in [0.4, 0.5) is 0 Å². The molecule has 4 heteroatoms. The van der Waals surface area contributed by atoms with E-state index in [0.717, 1.165) is 18.4 Å². The van der Waals surface area contributed by atoms with E-state index in [1.54, 1.807) is 0 Å². The molecule has 0 amide bonds. The van der Waals surface area contributed by atoms with Crippen molar-refractivity contribution in [2.24, 2.45) is 0 Å². The average Bonchev–Trinajstić information content (AvgIpc) is 3.10. The second-order valence-electron chi connectivity index (χ2n) is 5.54. The molecule has 1 saturated carbocycles. The maximum atomic E-state index is 12.2. The van der Waals surface area contributed by atoms with Crippen molar-refractivity contribution < 1.29 is 5.11 Å². The third-order valence-corrected chi connectivity index (χ3v) is 3.81. The van der Waals surface area contributed by atoms with Crippen LogP contribution in [-0.4, -0.2) is 15.1 Å². The van der Waals surface area contributed by atoms with Gasteiger partial charge in [-0.15, -0.1) is 0 Å². The van der Waals surface area contributed by atoms with Gasteiger partial charge in [-0.2, -0.15) is 4.98 Å². The van der Waals surface area contributed by atoms with Crippen molar-refractivity contribution in [3.63, 3.8) is 0 Å². The predicted octanol–water partition coefficient (Wildman–Crippen LogP) is 2.50. The molecule has 98 valence electrons. The minimum Gasteiger partial charge on any atom is -0.493 e.